The normalized spacial score (nSPS) is 23.6. The summed E-state index contributed by atoms with van der Waals surface area (Å²) >= 11 is 0. The predicted octanol–water partition coefficient (Wildman–Crippen LogP) is 2.61. The Bertz CT molecular complexity index is 329. The Morgan fingerprint density at radius 3 is 2.28 bits per heavy atom. The second kappa shape index (κ2) is 5.29. The first kappa shape index (κ1) is 13.4. The summed E-state index contributed by atoms with van der Waals surface area (Å²) in [7, 11) is 1.30. The number of ether oxygens (including phenoxy) is 1. The minimum absolute atomic E-state index is 0.0406. The minimum Gasteiger partial charge on any atom is -0.480 e. The lowest BCUT2D eigenvalue weighted by molar-refractivity contribution is -0.172. The number of carbonyl (C=O) groups is 2. The van der Waals surface area contributed by atoms with Crippen molar-refractivity contribution in [2.45, 2.75) is 51.4 Å². The van der Waals surface area contributed by atoms with E-state index in [0.717, 1.165) is 32.1 Å². The molecule has 2 saturated carbocycles. The van der Waals surface area contributed by atoms with Crippen molar-refractivity contribution in [1.29, 1.82) is 0 Å². The van der Waals surface area contributed by atoms with Crippen LogP contribution in [0.15, 0.2) is 0 Å². The summed E-state index contributed by atoms with van der Waals surface area (Å²) in [6.45, 7) is 0. The van der Waals surface area contributed by atoms with Gasteiger partial charge in [0.25, 0.3) is 0 Å². The van der Waals surface area contributed by atoms with Crippen LogP contribution in [-0.2, 0) is 14.3 Å². The van der Waals surface area contributed by atoms with Gasteiger partial charge < -0.3 is 9.84 Å². The summed E-state index contributed by atoms with van der Waals surface area (Å²) in [6.07, 6.45) is 7.39. The lowest BCUT2D eigenvalue weighted by Crippen LogP contribution is -2.46. The SMILES string of the molecule is COC(=O)C(CCC1CC1)(C(=O)O)C1CCCC1. The third-order valence-electron chi connectivity index (χ3n) is 4.63. The van der Waals surface area contributed by atoms with Crippen LogP contribution >= 0.6 is 0 Å². The average Bonchev–Trinajstić information content (AvgIpc) is 3.02. The Balaban J connectivity index is 2.19. The van der Waals surface area contributed by atoms with Crippen LogP contribution in [0.3, 0.4) is 0 Å². The summed E-state index contributed by atoms with van der Waals surface area (Å²) in [5, 5.41) is 9.62. The Morgan fingerprint density at radius 1 is 1.22 bits per heavy atom. The van der Waals surface area contributed by atoms with Gasteiger partial charge in [0.2, 0.25) is 0 Å². The highest BCUT2D eigenvalue weighted by molar-refractivity contribution is 5.99. The van der Waals surface area contributed by atoms with Crippen molar-refractivity contribution in [3.63, 3.8) is 0 Å². The number of carboxylic acids is 1. The number of methoxy groups -OCH3 is 1. The first-order valence-electron chi connectivity index (χ1n) is 6.93. The molecule has 4 heteroatoms. The van der Waals surface area contributed by atoms with Crippen molar-refractivity contribution in [3.05, 3.63) is 0 Å². The molecule has 0 amide bonds. The van der Waals surface area contributed by atoms with E-state index in [2.05, 4.69) is 0 Å². The molecule has 0 spiro atoms. The lowest BCUT2D eigenvalue weighted by atomic mass is 9.70. The van der Waals surface area contributed by atoms with Crippen LogP contribution in [0.5, 0.6) is 0 Å². The van der Waals surface area contributed by atoms with Gasteiger partial charge >= 0.3 is 11.9 Å². The molecule has 0 aliphatic heterocycles. The topological polar surface area (TPSA) is 63.6 Å². The summed E-state index contributed by atoms with van der Waals surface area (Å²) in [5.41, 5.74) is -1.28. The van der Waals surface area contributed by atoms with Crippen molar-refractivity contribution < 1.29 is 19.4 Å². The van der Waals surface area contributed by atoms with Crippen LogP contribution in [0.25, 0.3) is 0 Å². The molecule has 0 saturated heterocycles. The van der Waals surface area contributed by atoms with Gasteiger partial charge in [0.05, 0.1) is 7.11 Å². The smallest absolute Gasteiger partial charge is 0.323 e. The highest BCUT2D eigenvalue weighted by Gasteiger charge is 2.54. The third-order valence-corrected chi connectivity index (χ3v) is 4.63. The van der Waals surface area contributed by atoms with Gasteiger partial charge in [-0.05, 0) is 37.5 Å². The van der Waals surface area contributed by atoms with Crippen LogP contribution in [0.1, 0.15) is 51.4 Å². The van der Waals surface area contributed by atoms with E-state index in [4.69, 9.17) is 4.74 Å². The zero-order chi connectivity index (χ0) is 13.2. The number of esters is 1. The molecule has 0 heterocycles. The fourth-order valence-corrected chi connectivity index (χ4v) is 3.28. The van der Waals surface area contributed by atoms with Crippen molar-refractivity contribution >= 4 is 11.9 Å². The zero-order valence-corrected chi connectivity index (χ0v) is 11.0. The maximum Gasteiger partial charge on any atom is 0.323 e. The number of rotatable bonds is 6. The zero-order valence-electron chi connectivity index (χ0n) is 11.0. The van der Waals surface area contributed by atoms with Gasteiger partial charge in [0.1, 0.15) is 0 Å². The van der Waals surface area contributed by atoms with Gasteiger partial charge in [0, 0.05) is 0 Å². The summed E-state index contributed by atoms with van der Waals surface area (Å²) in [5.74, 6) is -0.930. The van der Waals surface area contributed by atoms with E-state index in [1.165, 1.54) is 20.0 Å². The monoisotopic (exact) mass is 254 g/mol. The van der Waals surface area contributed by atoms with E-state index in [-0.39, 0.29) is 5.92 Å². The van der Waals surface area contributed by atoms with Crippen LogP contribution < -0.4 is 0 Å². The Morgan fingerprint density at radius 2 is 1.83 bits per heavy atom. The number of hydrogen-bond donors (Lipinski definition) is 1. The number of carbonyl (C=O) groups excluding carboxylic acids is 1. The van der Waals surface area contributed by atoms with Gasteiger partial charge in [-0.15, -0.1) is 0 Å². The maximum atomic E-state index is 12.1. The molecule has 2 aliphatic carbocycles. The second-order valence-electron chi connectivity index (χ2n) is 5.73. The van der Waals surface area contributed by atoms with E-state index in [0.29, 0.717) is 12.3 Å². The molecule has 1 unspecified atom stereocenters. The Kier molecular flexibility index (Phi) is 3.93. The molecule has 0 aromatic rings. The summed E-state index contributed by atoms with van der Waals surface area (Å²) in [4.78, 5) is 23.8. The quantitative estimate of drug-likeness (QED) is 0.584. The summed E-state index contributed by atoms with van der Waals surface area (Å²) in [6, 6.07) is 0. The molecule has 4 nitrogen and oxygen atoms in total. The first-order chi connectivity index (χ1) is 8.61. The fraction of sp³-hybridized carbons (Fsp3) is 0.857. The second-order valence-corrected chi connectivity index (χ2v) is 5.73. The molecule has 2 fully saturated rings. The maximum absolute atomic E-state index is 12.1. The molecule has 0 bridgehead atoms. The number of aliphatic carboxylic acids is 1. The molecule has 102 valence electrons. The van der Waals surface area contributed by atoms with E-state index >= 15 is 0 Å². The van der Waals surface area contributed by atoms with Gasteiger partial charge in [-0.1, -0.05) is 25.7 Å². The highest BCUT2D eigenvalue weighted by atomic mass is 16.5. The molecule has 1 atom stereocenters. The molecule has 2 aliphatic rings. The van der Waals surface area contributed by atoms with Gasteiger partial charge in [-0.3, -0.25) is 9.59 Å². The van der Waals surface area contributed by atoms with Gasteiger partial charge in [0.15, 0.2) is 5.41 Å². The van der Waals surface area contributed by atoms with Crippen LogP contribution in [0.4, 0.5) is 0 Å². The Hall–Kier alpha value is -1.06. The molecular formula is C14H22O4. The van der Waals surface area contributed by atoms with E-state index < -0.39 is 17.4 Å². The van der Waals surface area contributed by atoms with E-state index in [1.54, 1.807) is 0 Å². The molecule has 18 heavy (non-hydrogen) atoms. The van der Waals surface area contributed by atoms with Crippen LogP contribution in [0.2, 0.25) is 0 Å². The average molecular weight is 254 g/mol. The highest BCUT2D eigenvalue weighted by Crippen LogP contribution is 2.47. The molecule has 2 rings (SSSR count). The predicted molar refractivity (Wildman–Crippen MR) is 66.0 cm³/mol. The fourth-order valence-electron chi connectivity index (χ4n) is 3.28. The standard InChI is InChI=1S/C14H22O4/c1-18-13(17)14(12(15)16,9-8-10-6-7-10)11-4-2-3-5-11/h10-11H,2-9H2,1H3,(H,15,16). The Labute approximate surface area is 108 Å². The molecule has 0 aromatic carbocycles. The van der Waals surface area contributed by atoms with Crippen molar-refractivity contribution in [2.75, 3.05) is 7.11 Å². The van der Waals surface area contributed by atoms with E-state index in [9.17, 15) is 14.7 Å². The van der Waals surface area contributed by atoms with Gasteiger partial charge in [-0.2, -0.15) is 0 Å². The number of hydrogen-bond acceptors (Lipinski definition) is 3. The third kappa shape index (κ3) is 2.38. The van der Waals surface area contributed by atoms with Gasteiger partial charge in [-0.25, -0.2) is 0 Å². The van der Waals surface area contributed by atoms with Crippen LogP contribution in [0, 0.1) is 17.3 Å². The molecule has 0 aromatic heterocycles. The lowest BCUT2D eigenvalue weighted by Gasteiger charge is -2.32. The molecule has 1 N–H and O–H groups in total. The van der Waals surface area contributed by atoms with Crippen molar-refractivity contribution in [1.82, 2.24) is 0 Å². The van der Waals surface area contributed by atoms with Crippen molar-refractivity contribution in [3.8, 4) is 0 Å². The van der Waals surface area contributed by atoms with Crippen LogP contribution in [-0.4, -0.2) is 24.2 Å². The number of carboxylic acid groups (broad SMARTS) is 1. The summed E-state index contributed by atoms with van der Waals surface area (Å²) < 4.78 is 4.82. The minimum atomic E-state index is -1.28. The largest absolute Gasteiger partial charge is 0.480 e. The van der Waals surface area contributed by atoms with E-state index in [1.807, 2.05) is 0 Å². The van der Waals surface area contributed by atoms with Crippen molar-refractivity contribution in [2.24, 2.45) is 17.3 Å². The molecule has 0 radical (unpaired) electrons. The molecular weight excluding hydrogens is 232 g/mol. The first-order valence-corrected chi connectivity index (χ1v) is 6.93.